The highest BCUT2D eigenvalue weighted by Crippen LogP contribution is 2.40. The van der Waals surface area contributed by atoms with Crippen LogP contribution in [0.25, 0.3) is 0 Å². The molecule has 0 unspecified atom stereocenters. The van der Waals surface area contributed by atoms with Gasteiger partial charge >= 0.3 is 0 Å². The standard InChI is InChI=1S/C17H20N2O3S/c20-17(13-10-14(22-19-13)11-3-4-11)18-16(15-2-1-9-23-15)12-5-7-21-8-6-12/h1-2,9-12,16H,3-8H2,(H,18,20)/t16-/m0/s1. The van der Waals surface area contributed by atoms with Gasteiger partial charge in [0.2, 0.25) is 0 Å². The van der Waals surface area contributed by atoms with E-state index >= 15 is 0 Å². The molecule has 6 heteroatoms. The fourth-order valence-corrected chi connectivity index (χ4v) is 3.98. The van der Waals surface area contributed by atoms with Crippen molar-refractivity contribution in [3.63, 3.8) is 0 Å². The Morgan fingerprint density at radius 3 is 2.83 bits per heavy atom. The zero-order valence-corrected chi connectivity index (χ0v) is 13.7. The number of aromatic nitrogens is 1. The van der Waals surface area contributed by atoms with E-state index in [0.717, 1.165) is 44.7 Å². The van der Waals surface area contributed by atoms with Crippen molar-refractivity contribution in [2.75, 3.05) is 13.2 Å². The van der Waals surface area contributed by atoms with E-state index in [9.17, 15) is 4.79 Å². The lowest BCUT2D eigenvalue weighted by atomic mass is 9.90. The zero-order chi connectivity index (χ0) is 15.6. The molecule has 122 valence electrons. The molecular formula is C17H20N2O3S. The molecule has 1 aliphatic carbocycles. The summed E-state index contributed by atoms with van der Waals surface area (Å²) in [4.78, 5) is 13.8. The molecule has 2 fully saturated rings. The van der Waals surface area contributed by atoms with Crippen molar-refractivity contribution in [2.24, 2.45) is 5.92 Å². The van der Waals surface area contributed by atoms with Crippen LogP contribution in [0.4, 0.5) is 0 Å². The molecule has 1 amide bonds. The second-order valence-electron chi connectivity index (χ2n) is 6.31. The largest absolute Gasteiger partial charge is 0.381 e. The van der Waals surface area contributed by atoms with Gasteiger partial charge in [0.1, 0.15) is 5.76 Å². The first-order valence-corrected chi connectivity index (χ1v) is 9.08. The molecule has 2 aromatic heterocycles. The number of carbonyl (C=O) groups excluding carboxylic acids is 1. The van der Waals surface area contributed by atoms with E-state index in [0.29, 0.717) is 17.5 Å². The van der Waals surface area contributed by atoms with E-state index in [1.165, 1.54) is 4.88 Å². The highest BCUT2D eigenvalue weighted by molar-refractivity contribution is 7.10. The Kier molecular flexibility index (Phi) is 4.18. The van der Waals surface area contributed by atoms with Crippen molar-refractivity contribution in [3.8, 4) is 0 Å². The van der Waals surface area contributed by atoms with E-state index in [1.807, 2.05) is 6.07 Å². The monoisotopic (exact) mass is 332 g/mol. The first-order valence-electron chi connectivity index (χ1n) is 8.20. The van der Waals surface area contributed by atoms with E-state index in [2.05, 4.69) is 21.9 Å². The minimum absolute atomic E-state index is 0.0208. The van der Waals surface area contributed by atoms with Gasteiger partial charge in [0, 0.05) is 30.1 Å². The summed E-state index contributed by atoms with van der Waals surface area (Å²) in [5.41, 5.74) is 0.389. The Hall–Kier alpha value is -1.66. The van der Waals surface area contributed by atoms with Gasteiger partial charge in [-0.1, -0.05) is 11.2 Å². The number of nitrogens with one attached hydrogen (secondary N) is 1. The highest BCUT2D eigenvalue weighted by Gasteiger charge is 2.31. The van der Waals surface area contributed by atoms with Crippen LogP contribution in [0.15, 0.2) is 28.1 Å². The summed E-state index contributed by atoms with van der Waals surface area (Å²) in [6.45, 7) is 1.52. The van der Waals surface area contributed by atoms with Crippen LogP contribution in [0.2, 0.25) is 0 Å². The molecule has 2 aromatic rings. The Labute approximate surface area is 139 Å². The number of ether oxygens (including phenoxy) is 1. The van der Waals surface area contributed by atoms with Crippen molar-refractivity contribution in [3.05, 3.63) is 39.9 Å². The van der Waals surface area contributed by atoms with Crippen LogP contribution in [0.3, 0.4) is 0 Å². The quantitative estimate of drug-likeness (QED) is 0.910. The van der Waals surface area contributed by atoms with Crippen molar-refractivity contribution in [2.45, 2.75) is 37.6 Å². The van der Waals surface area contributed by atoms with Gasteiger partial charge in [-0.15, -0.1) is 11.3 Å². The van der Waals surface area contributed by atoms with Crippen molar-refractivity contribution in [1.29, 1.82) is 0 Å². The van der Waals surface area contributed by atoms with Gasteiger partial charge < -0.3 is 14.6 Å². The maximum Gasteiger partial charge on any atom is 0.273 e. The summed E-state index contributed by atoms with van der Waals surface area (Å²) in [6.07, 6.45) is 4.20. The van der Waals surface area contributed by atoms with Gasteiger partial charge in [-0.05, 0) is 43.0 Å². The van der Waals surface area contributed by atoms with Crippen LogP contribution in [0.5, 0.6) is 0 Å². The van der Waals surface area contributed by atoms with Crippen molar-refractivity contribution < 1.29 is 14.1 Å². The number of carbonyl (C=O) groups is 1. The molecule has 1 atom stereocenters. The number of hydrogen-bond acceptors (Lipinski definition) is 5. The van der Waals surface area contributed by atoms with Crippen LogP contribution in [-0.2, 0) is 4.74 Å². The topological polar surface area (TPSA) is 64.4 Å². The summed E-state index contributed by atoms with van der Waals surface area (Å²) in [7, 11) is 0. The molecule has 0 aromatic carbocycles. The molecule has 0 radical (unpaired) electrons. The first-order chi connectivity index (χ1) is 11.3. The molecule has 4 rings (SSSR count). The molecule has 23 heavy (non-hydrogen) atoms. The normalized spacial score (nSPS) is 20.3. The van der Waals surface area contributed by atoms with Crippen molar-refractivity contribution >= 4 is 17.2 Å². The molecule has 1 N–H and O–H groups in total. The molecule has 1 aliphatic heterocycles. The fourth-order valence-electron chi connectivity index (χ4n) is 3.11. The summed E-state index contributed by atoms with van der Waals surface area (Å²) < 4.78 is 10.8. The van der Waals surface area contributed by atoms with E-state index < -0.39 is 0 Å². The van der Waals surface area contributed by atoms with Crippen LogP contribution in [0, 0.1) is 5.92 Å². The van der Waals surface area contributed by atoms with Gasteiger partial charge in [0.15, 0.2) is 5.69 Å². The molecule has 0 spiro atoms. The van der Waals surface area contributed by atoms with E-state index in [1.54, 1.807) is 17.4 Å². The number of hydrogen-bond donors (Lipinski definition) is 1. The van der Waals surface area contributed by atoms with Crippen LogP contribution in [0.1, 0.15) is 58.8 Å². The van der Waals surface area contributed by atoms with Crippen LogP contribution >= 0.6 is 11.3 Å². The lowest BCUT2D eigenvalue weighted by molar-refractivity contribution is 0.0517. The Morgan fingerprint density at radius 1 is 1.30 bits per heavy atom. The first kappa shape index (κ1) is 14.9. The number of rotatable bonds is 5. The molecule has 5 nitrogen and oxygen atoms in total. The van der Waals surface area contributed by atoms with Gasteiger partial charge in [-0.25, -0.2) is 0 Å². The predicted molar refractivity (Wildman–Crippen MR) is 86.5 cm³/mol. The average Bonchev–Trinajstić information content (AvgIpc) is 3.10. The van der Waals surface area contributed by atoms with Crippen molar-refractivity contribution in [1.82, 2.24) is 10.5 Å². The second-order valence-corrected chi connectivity index (χ2v) is 7.28. The van der Waals surface area contributed by atoms with Crippen LogP contribution in [-0.4, -0.2) is 24.3 Å². The third-order valence-corrected chi connectivity index (χ3v) is 5.57. The Bertz CT molecular complexity index is 657. The zero-order valence-electron chi connectivity index (χ0n) is 12.9. The summed E-state index contributed by atoms with van der Waals surface area (Å²) in [5.74, 6) is 1.56. The number of nitrogens with zero attached hydrogens (tertiary/aromatic N) is 1. The number of thiophene rings is 1. The minimum Gasteiger partial charge on any atom is -0.381 e. The lowest BCUT2D eigenvalue weighted by Crippen LogP contribution is -2.35. The molecule has 3 heterocycles. The smallest absolute Gasteiger partial charge is 0.273 e. The Morgan fingerprint density at radius 2 is 2.13 bits per heavy atom. The van der Waals surface area contributed by atoms with E-state index in [4.69, 9.17) is 9.26 Å². The molecule has 0 bridgehead atoms. The predicted octanol–water partition coefficient (Wildman–Crippen LogP) is 3.51. The molecular weight excluding hydrogens is 312 g/mol. The SMILES string of the molecule is O=C(N[C@H](c1cccs1)C1CCOCC1)c1cc(C2CC2)on1. The number of amides is 1. The van der Waals surface area contributed by atoms with Gasteiger partial charge in [0.25, 0.3) is 5.91 Å². The van der Waals surface area contributed by atoms with E-state index in [-0.39, 0.29) is 11.9 Å². The summed E-state index contributed by atoms with van der Waals surface area (Å²) >= 11 is 1.68. The van der Waals surface area contributed by atoms with Gasteiger partial charge in [0.05, 0.1) is 6.04 Å². The summed E-state index contributed by atoms with van der Waals surface area (Å²) in [6, 6.07) is 5.93. The minimum atomic E-state index is -0.148. The van der Waals surface area contributed by atoms with Gasteiger partial charge in [-0.3, -0.25) is 4.79 Å². The maximum absolute atomic E-state index is 12.6. The maximum atomic E-state index is 12.6. The fraction of sp³-hybridized carbons (Fsp3) is 0.529. The summed E-state index contributed by atoms with van der Waals surface area (Å²) in [5, 5.41) is 9.17. The highest BCUT2D eigenvalue weighted by atomic mass is 32.1. The van der Waals surface area contributed by atoms with Crippen LogP contribution < -0.4 is 5.32 Å². The lowest BCUT2D eigenvalue weighted by Gasteiger charge is -2.30. The Balaban J connectivity index is 1.50. The second kappa shape index (κ2) is 6.45. The molecule has 1 saturated carbocycles. The van der Waals surface area contributed by atoms with Gasteiger partial charge in [-0.2, -0.15) is 0 Å². The average molecular weight is 332 g/mol. The third kappa shape index (κ3) is 3.33. The molecule has 1 saturated heterocycles. The third-order valence-electron chi connectivity index (χ3n) is 4.61. The molecule has 2 aliphatic rings.